The van der Waals surface area contributed by atoms with Crippen LogP contribution in [-0.2, 0) is 0 Å². The minimum atomic E-state index is -0.302. The molecule has 8 heteroatoms. The molecule has 4 N–H and O–H groups in total. The van der Waals surface area contributed by atoms with E-state index in [4.69, 9.17) is 22.1 Å². The second-order valence-electron chi connectivity index (χ2n) is 6.00. The first kappa shape index (κ1) is 18.0. The number of ether oxygens (including phenoxy) is 1. The van der Waals surface area contributed by atoms with Gasteiger partial charge < -0.3 is 30.7 Å². The fraction of sp³-hybridized carbons (Fsp3) is 0.278. The number of carbonyl (C=O) groups excluding carboxylic acids is 1. The van der Waals surface area contributed by atoms with E-state index in [0.29, 0.717) is 31.9 Å². The van der Waals surface area contributed by atoms with Crippen molar-refractivity contribution < 1.29 is 14.6 Å². The minimum Gasteiger partial charge on any atom is -0.506 e. The van der Waals surface area contributed by atoms with E-state index in [1.165, 1.54) is 19.2 Å². The van der Waals surface area contributed by atoms with Gasteiger partial charge in [0, 0.05) is 49.7 Å². The van der Waals surface area contributed by atoms with Crippen LogP contribution < -0.4 is 20.7 Å². The van der Waals surface area contributed by atoms with E-state index < -0.39 is 0 Å². The minimum absolute atomic E-state index is 0.136. The third kappa shape index (κ3) is 3.88. The molecule has 1 aliphatic heterocycles. The van der Waals surface area contributed by atoms with E-state index in [9.17, 15) is 9.90 Å². The van der Waals surface area contributed by atoms with Crippen LogP contribution in [0.4, 0.5) is 21.9 Å². The molecule has 0 unspecified atom stereocenters. The number of nitrogen functional groups attached to an aromatic ring is 1. The zero-order valence-electron chi connectivity index (χ0n) is 14.4. The molecule has 1 saturated heterocycles. The van der Waals surface area contributed by atoms with E-state index in [-0.39, 0.29) is 22.5 Å². The number of nitrogens with two attached hydrogens (primary N) is 1. The van der Waals surface area contributed by atoms with Crippen LogP contribution in [0.1, 0.15) is 0 Å². The number of benzene rings is 2. The van der Waals surface area contributed by atoms with E-state index in [0.717, 1.165) is 11.4 Å². The van der Waals surface area contributed by atoms with Crippen molar-refractivity contribution >= 4 is 34.7 Å². The highest BCUT2D eigenvalue weighted by molar-refractivity contribution is 6.34. The lowest BCUT2D eigenvalue weighted by Crippen LogP contribution is -2.50. The van der Waals surface area contributed by atoms with Crippen molar-refractivity contribution in [2.75, 3.05) is 49.2 Å². The second-order valence-corrected chi connectivity index (χ2v) is 6.41. The van der Waals surface area contributed by atoms with Gasteiger partial charge in [-0.2, -0.15) is 0 Å². The number of urea groups is 1. The molecular weight excluding hydrogens is 356 g/mol. The van der Waals surface area contributed by atoms with Crippen LogP contribution in [0.25, 0.3) is 0 Å². The number of anilines is 3. The molecule has 0 saturated carbocycles. The molecule has 1 aliphatic rings. The van der Waals surface area contributed by atoms with Crippen molar-refractivity contribution in [2.24, 2.45) is 0 Å². The van der Waals surface area contributed by atoms with Gasteiger partial charge in [0.05, 0.1) is 12.1 Å². The van der Waals surface area contributed by atoms with Crippen molar-refractivity contribution in [3.05, 3.63) is 41.4 Å². The Morgan fingerprint density at radius 3 is 2.42 bits per heavy atom. The summed E-state index contributed by atoms with van der Waals surface area (Å²) in [4.78, 5) is 16.4. The Balaban J connectivity index is 1.61. The van der Waals surface area contributed by atoms with Crippen LogP contribution in [0.2, 0.25) is 5.02 Å². The van der Waals surface area contributed by atoms with Gasteiger partial charge in [0.25, 0.3) is 0 Å². The molecule has 7 nitrogen and oxygen atoms in total. The Morgan fingerprint density at radius 1 is 1.19 bits per heavy atom. The van der Waals surface area contributed by atoms with Crippen LogP contribution in [0.15, 0.2) is 36.4 Å². The first-order chi connectivity index (χ1) is 12.5. The zero-order chi connectivity index (χ0) is 18.7. The molecule has 1 fully saturated rings. The van der Waals surface area contributed by atoms with Gasteiger partial charge in [-0.15, -0.1) is 0 Å². The number of nitrogens with one attached hydrogen (secondary N) is 1. The van der Waals surface area contributed by atoms with Crippen molar-refractivity contribution in [1.29, 1.82) is 0 Å². The molecule has 0 bridgehead atoms. The second kappa shape index (κ2) is 7.61. The molecule has 2 aromatic rings. The van der Waals surface area contributed by atoms with E-state index in [1.807, 2.05) is 24.3 Å². The SMILES string of the molecule is COc1cc(O)c(NC(=O)N2CCN(c3ccc(N)cc3)CC2)c(Cl)c1. The Hall–Kier alpha value is -2.80. The molecule has 3 rings (SSSR count). The van der Waals surface area contributed by atoms with Crippen LogP contribution in [0, 0.1) is 0 Å². The predicted molar refractivity (Wildman–Crippen MR) is 103 cm³/mol. The van der Waals surface area contributed by atoms with Gasteiger partial charge in [-0.1, -0.05) is 11.6 Å². The van der Waals surface area contributed by atoms with Gasteiger partial charge in [-0.05, 0) is 24.3 Å². The smallest absolute Gasteiger partial charge is 0.322 e. The van der Waals surface area contributed by atoms with Crippen LogP contribution in [-0.4, -0.2) is 49.3 Å². The molecule has 0 spiro atoms. The third-order valence-electron chi connectivity index (χ3n) is 4.34. The number of phenols is 1. The summed E-state index contributed by atoms with van der Waals surface area (Å²) in [6.07, 6.45) is 0. The fourth-order valence-electron chi connectivity index (χ4n) is 2.85. The molecule has 1 heterocycles. The Bertz CT molecular complexity index is 767. The maximum atomic E-state index is 12.5. The fourth-order valence-corrected chi connectivity index (χ4v) is 3.10. The largest absolute Gasteiger partial charge is 0.506 e. The summed E-state index contributed by atoms with van der Waals surface area (Å²) in [5.74, 6) is 0.283. The highest BCUT2D eigenvalue weighted by atomic mass is 35.5. The summed E-state index contributed by atoms with van der Waals surface area (Å²) in [6.45, 7) is 2.54. The summed E-state index contributed by atoms with van der Waals surface area (Å²) in [7, 11) is 1.48. The van der Waals surface area contributed by atoms with E-state index in [2.05, 4.69) is 10.2 Å². The lowest BCUT2D eigenvalue weighted by Gasteiger charge is -2.36. The molecule has 138 valence electrons. The number of piperazine rings is 1. The average Bonchev–Trinajstić information content (AvgIpc) is 2.65. The zero-order valence-corrected chi connectivity index (χ0v) is 15.2. The summed E-state index contributed by atoms with van der Waals surface area (Å²) in [5, 5.41) is 12.9. The van der Waals surface area contributed by atoms with Gasteiger partial charge in [0.2, 0.25) is 0 Å². The third-order valence-corrected chi connectivity index (χ3v) is 4.63. The maximum absolute atomic E-state index is 12.5. The number of aromatic hydroxyl groups is 1. The van der Waals surface area contributed by atoms with Crippen molar-refractivity contribution in [3.8, 4) is 11.5 Å². The monoisotopic (exact) mass is 376 g/mol. The molecule has 2 amide bonds. The first-order valence-corrected chi connectivity index (χ1v) is 8.58. The van der Waals surface area contributed by atoms with Crippen molar-refractivity contribution in [2.45, 2.75) is 0 Å². The number of phenolic OH excluding ortho intramolecular Hbond substituents is 1. The van der Waals surface area contributed by atoms with Gasteiger partial charge in [0.15, 0.2) is 0 Å². The normalized spacial score (nSPS) is 14.2. The van der Waals surface area contributed by atoms with E-state index in [1.54, 1.807) is 4.90 Å². The molecule has 26 heavy (non-hydrogen) atoms. The Morgan fingerprint density at radius 2 is 1.85 bits per heavy atom. The van der Waals surface area contributed by atoms with Crippen LogP contribution in [0.5, 0.6) is 11.5 Å². The first-order valence-electron chi connectivity index (χ1n) is 8.21. The topological polar surface area (TPSA) is 91.1 Å². The van der Waals surface area contributed by atoms with Gasteiger partial charge in [0.1, 0.15) is 17.2 Å². The van der Waals surface area contributed by atoms with E-state index >= 15 is 0 Å². The van der Waals surface area contributed by atoms with Gasteiger partial charge >= 0.3 is 6.03 Å². The molecule has 0 aromatic heterocycles. The summed E-state index contributed by atoms with van der Waals surface area (Å²) in [5.41, 5.74) is 7.70. The molecular formula is C18H21ClN4O3. The highest BCUT2D eigenvalue weighted by Crippen LogP contribution is 2.36. The Labute approximate surface area is 156 Å². The lowest BCUT2D eigenvalue weighted by molar-refractivity contribution is 0.208. The lowest BCUT2D eigenvalue weighted by atomic mass is 10.2. The number of nitrogens with zero attached hydrogens (tertiary/aromatic N) is 2. The number of hydrogen-bond donors (Lipinski definition) is 3. The van der Waals surface area contributed by atoms with Crippen LogP contribution >= 0.6 is 11.6 Å². The average molecular weight is 377 g/mol. The Kier molecular flexibility index (Phi) is 5.27. The van der Waals surface area contributed by atoms with Crippen molar-refractivity contribution in [3.63, 3.8) is 0 Å². The number of amides is 2. The number of methoxy groups -OCH3 is 1. The number of hydrogen-bond acceptors (Lipinski definition) is 5. The van der Waals surface area contributed by atoms with Crippen LogP contribution in [0.3, 0.4) is 0 Å². The standard InChI is InChI=1S/C18H21ClN4O3/c1-26-14-10-15(19)17(16(24)11-14)21-18(25)23-8-6-22(7-9-23)13-4-2-12(20)3-5-13/h2-5,10-11,24H,6-9,20H2,1H3,(H,21,25). The molecule has 0 atom stereocenters. The number of rotatable bonds is 3. The summed E-state index contributed by atoms with van der Waals surface area (Å²) >= 11 is 6.12. The molecule has 0 aliphatic carbocycles. The highest BCUT2D eigenvalue weighted by Gasteiger charge is 2.23. The maximum Gasteiger partial charge on any atom is 0.322 e. The summed E-state index contributed by atoms with van der Waals surface area (Å²) in [6, 6.07) is 10.3. The quantitative estimate of drug-likeness (QED) is 0.566. The van der Waals surface area contributed by atoms with Gasteiger partial charge in [-0.3, -0.25) is 0 Å². The number of halogens is 1. The molecule has 2 aromatic carbocycles. The number of carbonyl (C=O) groups is 1. The van der Waals surface area contributed by atoms with Gasteiger partial charge in [-0.25, -0.2) is 4.79 Å². The predicted octanol–water partition coefficient (Wildman–Crippen LogP) is 2.99. The van der Waals surface area contributed by atoms with Crippen molar-refractivity contribution in [1.82, 2.24) is 4.90 Å². The molecule has 0 radical (unpaired) electrons. The summed E-state index contributed by atoms with van der Waals surface area (Å²) < 4.78 is 5.03.